The van der Waals surface area contributed by atoms with Gasteiger partial charge in [-0.05, 0) is 23.6 Å². The molecule has 0 bridgehead atoms. The number of amidine groups is 1. The van der Waals surface area contributed by atoms with Crippen molar-refractivity contribution in [2.45, 2.75) is 31.5 Å². The van der Waals surface area contributed by atoms with Gasteiger partial charge in [-0.25, -0.2) is 9.99 Å². The molecule has 1 heterocycles. The lowest BCUT2D eigenvalue weighted by atomic mass is 10.1. The average molecular weight is 488 g/mol. The summed E-state index contributed by atoms with van der Waals surface area (Å²) >= 11 is 3.54. The van der Waals surface area contributed by atoms with Gasteiger partial charge in [-0.3, -0.25) is 10.2 Å². The minimum absolute atomic E-state index is 0.0506. The van der Waals surface area contributed by atoms with Crippen LogP contribution in [-0.2, 0) is 16.2 Å². The molecule has 1 amide bonds. The Labute approximate surface area is 202 Å². The van der Waals surface area contributed by atoms with E-state index in [9.17, 15) is 4.79 Å². The number of hydrogen-bond donors (Lipinski definition) is 3. The molecule has 0 saturated carbocycles. The van der Waals surface area contributed by atoms with Crippen LogP contribution < -0.4 is 5.32 Å². The minimum Gasteiger partial charge on any atom is -0.389 e. The van der Waals surface area contributed by atoms with E-state index in [4.69, 9.17) is 15.8 Å². The van der Waals surface area contributed by atoms with Gasteiger partial charge in [0.2, 0.25) is 5.91 Å². The maximum absolute atomic E-state index is 12.4. The molecule has 0 unspecified atom stereocenters. The molecule has 0 aliphatic carbocycles. The number of amides is 1. The lowest BCUT2D eigenvalue weighted by molar-refractivity contribution is -0.115. The summed E-state index contributed by atoms with van der Waals surface area (Å²) < 4.78 is 0.223. The Morgan fingerprint density at radius 2 is 1.85 bits per heavy atom. The standard InChI is InChI=1S/C22H29N7O2S2/c1-4-32-20(33-5-2)14-19(30)26-18-13-9-12-17(25-18)15-31-27-21(22(23)29(3)28-24)16-10-7-6-8-11-16/h6-13,20,23-24H,4-5,14-15H2,1-3H3,(H,25,26,30)/b23-22?,27-21-,28-24?. The number of thioether (sulfide) groups is 2. The number of carbonyl (C=O) groups excluding carboxylic acids is 1. The van der Waals surface area contributed by atoms with E-state index in [1.165, 1.54) is 7.05 Å². The van der Waals surface area contributed by atoms with E-state index < -0.39 is 0 Å². The fourth-order valence-corrected chi connectivity index (χ4v) is 5.19. The molecule has 0 aliphatic rings. The van der Waals surface area contributed by atoms with E-state index >= 15 is 0 Å². The summed E-state index contributed by atoms with van der Waals surface area (Å²) in [6.07, 6.45) is 0.417. The van der Waals surface area contributed by atoms with Crippen molar-refractivity contribution in [1.29, 1.82) is 10.9 Å². The number of benzene rings is 1. The molecule has 0 saturated heterocycles. The highest BCUT2D eigenvalue weighted by Gasteiger charge is 2.16. The van der Waals surface area contributed by atoms with Crippen molar-refractivity contribution in [2.75, 3.05) is 23.9 Å². The Kier molecular flexibility index (Phi) is 11.4. The molecule has 2 rings (SSSR count). The number of nitrogens with zero attached hydrogens (tertiary/aromatic N) is 4. The van der Waals surface area contributed by atoms with Crippen molar-refractivity contribution in [3.63, 3.8) is 0 Å². The first-order valence-corrected chi connectivity index (χ1v) is 12.5. The highest BCUT2D eigenvalue weighted by molar-refractivity contribution is 8.17. The lowest BCUT2D eigenvalue weighted by Crippen LogP contribution is -2.29. The van der Waals surface area contributed by atoms with Crippen LogP contribution in [0.15, 0.2) is 58.9 Å². The Hall–Kier alpha value is -2.92. The predicted molar refractivity (Wildman–Crippen MR) is 136 cm³/mol. The highest BCUT2D eigenvalue weighted by Crippen LogP contribution is 2.26. The van der Waals surface area contributed by atoms with Crippen LogP contribution in [0.5, 0.6) is 0 Å². The quantitative estimate of drug-likeness (QED) is 0.120. The van der Waals surface area contributed by atoms with E-state index in [1.807, 2.05) is 18.2 Å². The molecular formula is C22H29N7O2S2. The summed E-state index contributed by atoms with van der Waals surface area (Å²) in [6, 6.07) is 14.4. The van der Waals surface area contributed by atoms with E-state index in [0.29, 0.717) is 23.5 Å². The molecule has 0 spiro atoms. The molecule has 0 aliphatic heterocycles. The van der Waals surface area contributed by atoms with E-state index in [2.05, 4.69) is 34.5 Å². The third-order valence-corrected chi connectivity index (χ3v) is 6.80. The van der Waals surface area contributed by atoms with E-state index in [-0.39, 0.29) is 28.6 Å². The number of anilines is 1. The minimum atomic E-state index is -0.0764. The van der Waals surface area contributed by atoms with E-state index in [0.717, 1.165) is 16.5 Å². The van der Waals surface area contributed by atoms with Crippen molar-refractivity contribution >= 4 is 46.8 Å². The summed E-state index contributed by atoms with van der Waals surface area (Å²) in [4.78, 5) is 22.3. The zero-order chi connectivity index (χ0) is 24.1. The van der Waals surface area contributed by atoms with Crippen LogP contribution in [-0.4, -0.2) is 50.6 Å². The van der Waals surface area contributed by atoms with Crippen LogP contribution in [0.1, 0.15) is 31.5 Å². The second-order valence-electron chi connectivity index (χ2n) is 6.66. The largest absolute Gasteiger partial charge is 0.389 e. The molecule has 9 nitrogen and oxygen atoms in total. The third kappa shape index (κ3) is 8.85. The first kappa shape index (κ1) is 26.3. The second-order valence-corrected chi connectivity index (χ2v) is 9.92. The lowest BCUT2D eigenvalue weighted by Gasteiger charge is -2.14. The molecule has 3 N–H and O–H groups in total. The molecule has 33 heavy (non-hydrogen) atoms. The summed E-state index contributed by atoms with van der Waals surface area (Å²) in [5.74, 6) is 2.23. The van der Waals surface area contributed by atoms with Gasteiger partial charge in [0.1, 0.15) is 5.82 Å². The first-order valence-electron chi connectivity index (χ1n) is 10.4. The second kappa shape index (κ2) is 14.3. The van der Waals surface area contributed by atoms with Gasteiger partial charge in [-0.2, -0.15) is 5.53 Å². The Morgan fingerprint density at radius 1 is 1.15 bits per heavy atom. The van der Waals surface area contributed by atoms with E-state index in [1.54, 1.807) is 53.9 Å². The van der Waals surface area contributed by atoms with Crippen molar-refractivity contribution in [1.82, 2.24) is 9.99 Å². The maximum atomic E-state index is 12.4. The molecule has 11 heteroatoms. The van der Waals surface area contributed by atoms with Crippen LogP contribution in [0.4, 0.5) is 5.82 Å². The van der Waals surface area contributed by atoms with Crippen molar-refractivity contribution in [3.05, 3.63) is 59.8 Å². The highest BCUT2D eigenvalue weighted by atomic mass is 32.2. The topological polar surface area (TPSA) is 127 Å². The van der Waals surface area contributed by atoms with Crippen molar-refractivity contribution in [2.24, 2.45) is 10.4 Å². The molecule has 0 radical (unpaired) electrons. The van der Waals surface area contributed by atoms with Gasteiger partial charge in [0.05, 0.1) is 10.3 Å². The number of oxime groups is 1. The monoisotopic (exact) mass is 487 g/mol. The zero-order valence-electron chi connectivity index (χ0n) is 18.9. The number of carbonyl (C=O) groups is 1. The number of pyridine rings is 1. The molecule has 1 aromatic heterocycles. The molecule has 176 valence electrons. The van der Waals surface area contributed by atoms with Crippen LogP contribution in [0.3, 0.4) is 0 Å². The fourth-order valence-electron chi connectivity index (χ4n) is 2.71. The molecule has 0 atom stereocenters. The Bertz CT molecular complexity index is 951. The van der Waals surface area contributed by atoms with Gasteiger partial charge in [-0.15, -0.1) is 23.5 Å². The van der Waals surface area contributed by atoms with Crippen molar-refractivity contribution < 1.29 is 9.63 Å². The third-order valence-electron chi connectivity index (χ3n) is 4.24. The summed E-state index contributed by atoms with van der Waals surface area (Å²) in [5.41, 5.74) is 8.63. The summed E-state index contributed by atoms with van der Waals surface area (Å²) in [6.45, 7) is 4.22. The number of nitrogens with one attached hydrogen (secondary N) is 3. The predicted octanol–water partition coefficient (Wildman–Crippen LogP) is 5.02. The first-order chi connectivity index (χ1) is 16.0. The number of aromatic nitrogens is 1. The fraction of sp³-hybridized carbons (Fsp3) is 0.364. The van der Waals surface area contributed by atoms with Gasteiger partial charge < -0.3 is 10.2 Å². The van der Waals surface area contributed by atoms with Gasteiger partial charge in [0.25, 0.3) is 0 Å². The molecule has 1 aromatic carbocycles. The SMILES string of the molecule is CCSC(CC(=O)Nc1cccc(CO/N=C(\C(=N)N(C)N=N)c2ccccc2)n1)SCC. The molecular weight excluding hydrogens is 458 g/mol. The molecule has 2 aromatic rings. The maximum Gasteiger partial charge on any atom is 0.227 e. The number of rotatable bonds is 13. The molecule has 0 fully saturated rings. The van der Waals surface area contributed by atoms with Gasteiger partial charge in [-0.1, -0.05) is 60.6 Å². The normalized spacial score (nSPS) is 11.2. The smallest absolute Gasteiger partial charge is 0.227 e. The Balaban J connectivity index is 2.05. The van der Waals surface area contributed by atoms with Gasteiger partial charge in [0.15, 0.2) is 18.2 Å². The number of likely N-dealkylation sites (N-methyl/N-ethyl adjacent to an activating group) is 1. The van der Waals surface area contributed by atoms with Gasteiger partial charge in [0, 0.05) is 19.0 Å². The Morgan fingerprint density at radius 3 is 2.48 bits per heavy atom. The van der Waals surface area contributed by atoms with Crippen LogP contribution >= 0.6 is 23.5 Å². The van der Waals surface area contributed by atoms with Crippen LogP contribution in [0.25, 0.3) is 0 Å². The number of hydrogen-bond acceptors (Lipinski definition) is 9. The summed E-state index contributed by atoms with van der Waals surface area (Å²) in [7, 11) is 1.49. The summed E-state index contributed by atoms with van der Waals surface area (Å²) in [5, 5.41) is 19.5. The zero-order valence-corrected chi connectivity index (χ0v) is 20.6. The average Bonchev–Trinajstić information content (AvgIpc) is 2.82. The van der Waals surface area contributed by atoms with Crippen LogP contribution in [0, 0.1) is 10.9 Å². The van der Waals surface area contributed by atoms with Gasteiger partial charge >= 0.3 is 0 Å². The van der Waals surface area contributed by atoms with Crippen molar-refractivity contribution in [3.8, 4) is 0 Å². The van der Waals surface area contributed by atoms with Crippen LogP contribution in [0.2, 0.25) is 0 Å².